The Bertz CT molecular complexity index is 1130. The van der Waals surface area contributed by atoms with E-state index in [1.165, 1.54) is 13.0 Å². The second-order valence-corrected chi connectivity index (χ2v) is 9.26. The second-order valence-electron chi connectivity index (χ2n) is 7.03. The highest BCUT2D eigenvalue weighted by Gasteiger charge is 2.43. The number of sulfone groups is 1. The Morgan fingerprint density at radius 1 is 1.30 bits per heavy atom. The Morgan fingerprint density at radius 2 is 1.97 bits per heavy atom. The highest BCUT2D eigenvalue weighted by molar-refractivity contribution is 7.91. The molecule has 0 bridgehead atoms. The molecule has 10 heteroatoms. The zero-order valence-corrected chi connectivity index (χ0v) is 16.9. The van der Waals surface area contributed by atoms with E-state index in [9.17, 15) is 28.1 Å². The first-order valence-electron chi connectivity index (χ1n) is 9.05. The molecule has 0 spiro atoms. The van der Waals surface area contributed by atoms with Gasteiger partial charge in [-0.3, -0.25) is 19.3 Å². The van der Waals surface area contributed by atoms with E-state index in [0.717, 1.165) is 4.90 Å². The van der Waals surface area contributed by atoms with E-state index >= 15 is 0 Å². The lowest BCUT2D eigenvalue weighted by atomic mass is 9.92. The number of amides is 3. The van der Waals surface area contributed by atoms with Gasteiger partial charge in [-0.15, -0.1) is 0 Å². The van der Waals surface area contributed by atoms with Crippen molar-refractivity contribution in [2.24, 2.45) is 5.73 Å². The number of carbonyl (C=O) groups excluding carboxylic acids is 3. The van der Waals surface area contributed by atoms with Crippen molar-refractivity contribution in [1.29, 1.82) is 5.26 Å². The molecule has 0 radical (unpaired) electrons. The van der Waals surface area contributed by atoms with Crippen molar-refractivity contribution in [2.45, 2.75) is 19.4 Å². The van der Waals surface area contributed by atoms with Gasteiger partial charge in [-0.2, -0.15) is 5.26 Å². The zero-order valence-electron chi connectivity index (χ0n) is 16.1. The number of nitrogens with two attached hydrogens (primary N) is 1. The topological polar surface area (TPSA) is 148 Å². The largest absolute Gasteiger partial charge is 0.484 e. The number of primary amides is 1. The first-order valence-corrected chi connectivity index (χ1v) is 10.9. The van der Waals surface area contributed by atoms with Crippen LogP contribution in [0.25, 0.3) is 6.08 Å². The molecule has 3 amide bonds. The summed E-state index contributed by atoms with van der Waals surface area (Å²) in [6.07, 6.45) is 1.67. The van der Waals surface area contributed by atoms with Crippen LogP contribution in [0.15, 0.2) is 41.0 Å². The number of nitrogens with zero attached hydrogens (tertiary/aromatic N) is 2. The molecule has 1 aromatic carbocycles. The summed E-state index contributed by atoms with van der Waals surface area (Å²) in [5.74, 6) is -2.02. The van der Waals surface area contributed by atoms with Crippen LogP contribution >= 0.6 is 0 Å². The first kappa shape index (κ1) is 21.3. The Hall–Kier alpha value is -3.45. The predicted octanol–water partition coefficient (Wildman–Crippen LogP) is 0.330. The summed E-state index contributed by atoms with van der Waals surface area (Å²) in [4.78, 5) is 37.5. The minimum Gasteiger partial charge on any atom is -0.484 e. The number of hydrogen-bond donors (Lipinski definition) is 1. The van der Waals surface area contributed by atoms with Crippen molar-refractivity contribution in [3.63, 3.8) is 0 Å². The minimum absolute atomic E-state index is 0.106. The van der Waals surface area contributed by atoms with E-state index in [4.69, 9.17) is 10.5 Å². The monoisotopic (exact) mass is 429 g/mol. The van der Waals surface area contributed by atoms with Gasteiger partial charge in [0.15, 0.2) is 16.4 Å². The van der Waals surface area contributed by atoms with Crippen molar-refractivity contribution in [2.75, 3.05) is 18.1 Å². The van der Waals surface area contributed by atoms with Gasteiger partial charge < -0.3 is 10.5 Å². The highest BCUT2D eigenvalue weighted by Crippen LogP contribution is 2.31. The van der Waals surface area contributed by atoms with E-state index in [-0.39, 0.29) is 41.3 Å². The van der Waals surface area contributed by atoms with Crippen molar-refractivity contribution in [1.82, 2.24) is 4.90 Å². The Kier molecular flexibility index (Phi) is 5.75. The molecule has 1 unspecified atom stereocenters. The molecule has 2 aliphatic rings. The molecule has 0 aliphatic carbocycles. The minimum atomic E-state index is -3.33. The number of rotatable bonds is 5. The third-order valence-corrected chi connectivity index (χ3v) is 6.67. The van der Waals surface area contributed by atoms with Gasteiger partial charge in [-0.1, -0.05) is 12.1 Å². The number of hydrogen-bond acceptors (Lipinski definition) is 7. The molecule has 1 fully saturated rings. The van der Waals surface area contributed by atoms with Gasteiger partial charge in [0.1, 0.15) is 17.4 Å². The lowest BCUT2D eigenvalue weighted by Gasteiger charge is -2.31. The smallest absolute Gasteiger partial charge is 0.271 e. The maximum Gasteiger partial charge on any atom is 0.271 e. The lowest BCUT2D eigenvalue weighted by molar-refractivity contribution is -0.142. The maximum absolute atomic E-state index is 13.1. The van der Waals surface area contributed by atoms with Crippen LogP contribution in [0.4, 0.5) is 0 Å². The summed E-state index contributed by atoms with van der Waals surface area (Å²) in [7, 11) is -3.33. The fourth-order valence-electron chi connectivity index (χ4n) is 3.39. The van der Waals surface area contributed by atoms with Crippen LogP contribution in [0.1, 0.15) is 18.9 Å². The van der Waals surface area contributed by atoms with Crippen LogP contribution in [-0.4, -0.2) is 55.2 Å². The average molecular weight is 429 g/mol. The summed E-state index contributed by atoms with van der Waals surface area (Å²) < 4.78 is 28.8. The van der Waals surface area contributed by atoms with Crippen LogP contribution in [-0.2, 0) is 24.2 Å². The van der Waals surface area contributed by atoms with Crippen molar-refractivity contribution in [3.05, 3.63) is 46.5 Å². The van der Waals surface area contributed by atoms with Crippen LogP contribution in [0.2, 0.25) is 0 Å². The van der Waals surface area contributed by atoms with Crippen LogP contribution < -0.4 is 10.5 Å². The molecule has 9 nitrogen and oxygen atoms in total. The third kappa shape index (κ3) is 4.26. The van der Waals surface area contributed by atoms with E-state index in [1.54, 1.807) is 24.3 Å². The molecule has 3 rings (SSSR count). The van der Waals surface area contributed by atoms with Gasteiger partial charge >= 0.3 is 0 Å². The van der Waals surface area contributed by atoms with Crippen molar-refractivity contribution < 1.29 is 27.5 Å². The summed E-state index contributed by atoms with van der Waals surface area (Å²) in [6, 6.07) is 7.48. The summed E-state index contributed by atoms with van der Waals surface area (Å²) in [5.41, 5.74) is 5.81. The molecule has 1 saturated heterocycles. The number of ether oxygens (including phenoxy) is 1. The van der Waals surface area contributed by atoms with E-state index in [2.05, 4.69) is 0 Å². The predicted molar refractivity (Wildman–Crippen MR) is 106 cm³/mol. The van der Waals surface area contributed by atoms with Crippen LogP contribution in [0.3, 0.4) is 0 Å². The fourth-order valence-corrected chi connectivity index (χ4v) is 5.09. The molecular formula is C20H19N3O6S. The SMILES string of the molecule is CC1=C(C#N)C(=O)N(C2CCS(=O)(=O)C2)C(=O)C1=Cc1ccc(OCC(N)=O)cc1. The number of carbonyl (C=O) groups is 3. The standard InChI is InChI=1S/C20H19N3O6S/c1-12-16(8-13-2-4-15(5-3-13)29-10-18(22)24)19(25)23(20(26)17(12)9-21)14-6-7-30(27,28)11-14/h2-5,8,14H,6-7,10-11H2,1H3,(H2,22,24). The molecule has 30 heavy (non-hydrogen) atoms. The van der Waals surface area contributed by atoms with E-state index < -0.39 is 33.6 Å². The molecule has 1 aromatic rings. The Morgan fingerprint density at radius 3 is 2.50 bits per heavy atom. The quantitative estimate of drug-likeness (QED) is 0.524. The normalized spacial score (nSPS) is 22.3. The highest BCUT2D eigenvalue weighted by atomic mass is 32.2. The van der Waals surface area contributed by atoms with Crippen molar-refractivity contribution >= 4 is 33.6 Å². The molecule has 0 saturated carbocycles. The molecular weight excluding hydrogens is 410 g/mol. The van der Waals surface area contributed by atoms with Crippen LogP contribution in [0.5, 0.6) is 5.75 Å². The van der Waals surface area contributed by atoms with Gasteiger partial charge in [0.2, 0.25) is 0 Å². The maximum atomic E-state index is 13.1. The second kappa shape index (κ2) is 8.12. The van der Waals surface area contributed by atoms with Gasteiger partial charge in [0.25, 0.3) is 17.7 Å². The van der Waals surface area contributed by atoms with Gasteiger partial charge in [0.05, 0.1) is 17.5 Å². The summed E-state index contributed by atoms with van der Waals surface area (Å²) >= 11 is 0. The molecule has 2 aliphatic heterocycles. The first-order chi connectivity index (χ1) is 14.1. The van der Waals surface area contributed by atoms with Crippen molar-refractivity contribution in [3.8, 4) is 11.8 Å². The Balaban J connectivity index is 1.95. The molecule has 2 heterocycles. The summed E-state index contributed by atoms with van der Waals surface area (Å²) in [5, 5.41) is 9.44. The fraction of sp³-hybridized carbons (Fsp3) is 0.300. The van der Waals surface area contributed by atoms with Crippen LogP contribution in [0, 0.1) is 11.3 Å². The molecule has 2 N–H and O–H groups in total. The van der Waals surface area contributed by atoms with Gasteiger partial charge in [0, 0.05) is 5.57 Å². The average Bonchev–Trinajstić information content (AvgIpc) is 3.04. The zero-order chi connectivity index (χ0) is 22.1. The Labute approximate surface area is 173 Å². The third-order valence-electron chi connectivity index (χ3n) is 4.92. The van der Waals surface area contributed by atoms with Gasteiger partial charge in [-0.25, -0.2) is 8.42 Å². The van der Waals surface area contributed by atoms with E-state index in [0.29, 0.717) is 11.3 Å². The van der Waals surface area contributed by atoms with E-state index in [1.807, 2.05) is 6.07 Å². The molecule has 0 aromatic heterocycles. The molecule has 156 valence electrons. The summed E-state index contributed by atoms with van der Waals surface area (Å²) in [6.45, 7) is 1.24. The molecule has 1 atom stereocenters. The van der Waals surface area contributed by atoms with Gasteiger partial charge in [-0.05, 0) is 42.7 Å². The number of benzene rings is 1. The lowest BCUT2D eigenvalue weighted by Crippen LogP contribution is -2.49. The number of nitriles is 1. The number of imide groups is 1.